The first-order chi connectivity index (χ1) is 9.00. The van der Waals surface area contributed by atoms with Crippen LogP contribution < -0.4 is 5.48 Å². The molecule has 2 aliphatic rings. The van der Waals surface area contributed by atoms with Gasteiger partial charge in [-0.05, 0) is 6.58 Å². The summed E-state index contributed by atoms with van der Waals surface area (Å²) < 4.78 is 5.14. The number of nitrogens with zero attached hydrogens (tertiary/aromatic N) is 1. The number of hydrogen-bond acceptors (Lipinski definition) is 5. The van der Waals surface area contributed by atoms with Crippen LogP contribution in [0.4, 0.5) is 0 Å². The number of rotatable bonds is 0. The fraction of sp³-hybridized carbons (Fsp3) is 0.600. The molecule has 2 heterocycles. The summed E-state index contributed by atoms with van der Waals surface area (Å²) in [5, 5.41) is 0. The van der Waals surface area contributed by atoms with E-state index in [4.69, 9.17) is 9.57 Å². The zero-order valence-corrected chi connectivity index (χ0v) is 13.2. The number of aliphatic imine (C=N–C) groups is 1. The van der Waals surface area contributed by atoms with Crippen molar-refractivity contribution in [1.82, 2.24) is 5.48 Å². The molecule has 0 aromatic rings. The van der Waals surface area contributed by atoms with Crippen LogP contribution in [0.2, 0.25) is 0 Å². The van der Waals surface area contributed by atoms with Crippen molar-refractivity contribution < 1.29 is 14.4 Å². The highest BCUT2D eigenvalue weighted by Gasteiger charge is 2.25. The van der Waals surface area contributed by atoms with E-state index in [0.29, 0.717) is 5.88 Å². The summed E-state index contributed by atoms with van der Waals surface area (Å²) >= 11 is 0. The van der Waals surface area contributed by atoms with Crippen LogP contribution in [0, 0.1) is 10.8 Å². The second-order valence-corrected chi connectivity index (χ2v) is 6.82. The van der Waals surface area contributed by atoms with E-state index in [2.05, 4.69) is 37.8 Å². The molecule has 0 spiro atoms. The van der Waals surface area contributed by atoms with Gasteiger partial charge in [0.25, 0.3) is 0 Å². The number of ether oxygens (including phenoxy) is 1. The summed E-state index contributed by atoms with van der Waals surface area (Å²) in [5.74, 6) is 2.14. The van der Waals surface area contributed by atoms with Crippen molar-refractivity contribution >= 4 is 11.6 Å². The van der Waals surface area contributed by atoms with Crippen LogP contribution in [-0.2, 0) is 14.4 Å². The SMILES string of the molecule is C=C1N=C(C(C)(C)C)NO1.CC(C)(C)C1=CC(=O)CO1. The van der Waals surface area contributed by atoms with Gasteiger partial charge in [-0.15, -0.1) is 0 Å². The molecule has 0 aromatic carbocycles. The number of hydroxylamine groups is 1. The Morgan fingerprint density at radius 1 is 1.20 bits per heavy atom. The fourth-order valence-corrected chi connectivity index (χ4v) is 1.41. The van der Waals surface area contributed by atoms with Gasteiger partial charge in [0.05, 0.1) is 0 Å². The standard InChI is InChI=1S/C8H12O2.C7H12N2O/c1-8(2,3)7-4-6(9)5-10-7;1-5-8-6(9-10-5)7(2,3)4/h4H,5H2,1-3H3;1H2,2-4H3,(H,8,9). The van der Waals surface area contributed by atoms with Gasteiger partial charge >= 0.3 is 0 Å². The minimum absolute atomic E-state index is 0.0133. The van der Waals surface area contributed by atoms with Crippen molar-refractivity contribution in [3.63, 3.8) is 0 Å². The van der Waals surface area contributed by atoms with Gasteiger partial charge < -0.3 is 9.57 Å². The quantitative estimate of drug-likeness (QED) is 0.741. The Kier molecular flexibility index (Phi) is 4.63. The highest BCUT2D eigenvalue weighted by atomic mass is 16.7. The molecule has 112 valence electrons. The highest BCUT2D eigenvalue weighted by Crippen LogP contribution is 2.28. The lowest BCUT2D eigenvalue weighted by Gasteiger charge is -2.18. The van der Waals surface area contributed by atoms with Gasteiger partial charge in [0.2, 0.25) is 5.88 Å². The zero-order chi connectivity index (χ0) is 15.6. The molecule has 2 rings (SSSR count). The lowest BCUT2D eigenvalue weighted by molar-refractivity contribution is -0.115. The zero-order valence-electron chi connectivity index (χ0n) is 13.2. The van der Waals surface area contributed by atoms with Crippen LogP contribution in [0.5, 0.6) is 0 Å². The number of hydrogen-bond donors (Lipinski definition) is 1. The molecule has 0 aliphatic carbocycles. The smallest absolute Gasteiger partial charge is 0.240 e. The number of allylic oxidation sites excluding steroid dienone is 1. The second-order valence-electron chi connectivity index (χ2n) is 6.82. The Morgan fingerprint density at radius 2 is 1.80 bits per heavy atom. The molecule has 0 aromatic heterocycles. The molecule has 0 saturated carbocycles. The maximum Gasteiger partial charge on any atom is 0.240 e. The van der Waals surface area contributed by atoms with E-state index in [9.17, 15) is 4.79 Å². The Morgan fingerprint density at radius 3 is 2.00 bits per heavy atom. The Labute approximate surface area is 120 Å². The summed E-state index contributed by atoms with van der Waals surface area (Å²) in [7, 11) is 0. The van der Waals surface area contributed by atoms with Gasteiger partial charge in [-0.25, -0.2) is 5.48 Å². The van der Waals surface area contributed by atoms with Crippen molar-refractivity contribution in [2.75, 3.05) is 6.61 Å². The third kappa shape index (κ3) is 4.72. The van der Waals surface area contributed by atoms with E-state index in [1.807, 2.05) is 20.8 Å². The summed E-state index contributed by atoms with van der Waals surface area (Å²) in [6.07, 6.45) is 1.58. The van der Waals surface area contributed by atoms with E-state index < -0.39 is 0 Å². The molecule has 0 radical (unpaired) electrons. The monoisotopic (exact) mass is 280 g/mol. The fourth-order valence-electron chi connectivity index (χ4n) is 1.41. The van der Waals surface area contributed by atoms with E-state index in [-0.39, 0.29) is 23.2 Å². The van der Waals surface area contributed by atoms with Crippen LogP contribution in [0.15, 0.2) is 29.3 Å². The summed E-state index contributed by atoms with van der Waals surface area (Å²) in [6.45, 7) is 16.0. The highest BCUT2D eigenvalue weighted by molar-refractivity contribution is 5.93. The van der Waals surface area contributed by atoms with Crippen LogP contribution in [0.3, 0.4) is 0 Å². The third-order valence-electron chi connectivity index (χ3n) is 2.61. The minimum Gasteiger partial charge on any atom is -0.489 e. The first kappa shape index (κ1) is 16.3. The van der Waals surface area contributed by atoms with Crippen molar-refractivity contribution in [3.8, 4) is 0 Å². The number of amidine groups is 1. The number of carbonyl (C=O) groups excluding carboxylic acids is 1. The Bertz CT molecular complexity index is 418. The maximum absolute atomic E-state index is 10.7. The number of nitrogens with one attached hydrogen (secondary N) is 1. The first-order valence-electron chi connectivity index (χ1n) is 6.59. The van der Waals surface area contributed by atoms with Gasteiger partial charge in [-0.1, -0.05) is 41.5 Å². The molecule has 0 atom stereocenters. The van der Waals surface area contributed by atoms with E-state index in [1.165, 1.54) is 0 Å². The molecule has 0 bridgehead atoms. The van der Waals surface area contributed by atoms with Gasteiger partial charge in [-0.2, -0.15) is 4.99 Å². The van der Waals surface area contributed by atoms with Crippen LogP contribution >= 0.6 is 0 Å². The van der Waals surface area contributed by atoms with Crippen molar-refractivity contribution in [2.24, 2.45) is 15.8 Å². The molecule has 2 aliphatic heterocycles. The molecule has 0 saturated heterocycles. The van der Waals surface area contributed by atoms with Crippen LogP contribution in [0.1, 0.15) is 41.5 Å². The van der Waals surface area contributed by atoms with E-state index in [0.717, 1.165) is 11.6 Å². The van der Waals surface area contributed by atoms with Gasteiger partial charge in [0, 0.05) is 16.9 Å². The maximum atomic E-state index is 10.7. The predicted molar refractivity (Wildman–Crippen MR) is 78.7 cm³/mol. The number of ketones is 1. The average Bonchev–Trinajstić information content (AvgIpc) is 2.85. The molecule has 1 N–H and O–H groups in total. The van der Waals surface area contributed by atoms with Gasteiger partial charge in [0.15, 0.2) is 12.4 Å². The van der Waals surface area contributed by atoms with Gasteiger partial charge in [0.1, 0.15) is 11.6 Å². The molecular formula is C15H24N2O3. The van der Waals surface area contributed by atoms with E-state index in [1.54, 1.807) is 6.08 Å². The molecular weight excluding hydrogens is 256 g/mol. The largest absolute Gasteiger partial charge is 0.489 e. The number of carbonyl (C=O) groups is 1. The first-order valence-corrected chi connectivity index (χ1v) is 6.59. The summed E-state index contributed by atoms with van der Waals surface area (Å²) in [5.41, 5.74) is 2.69. The Hall–Kier alpha value is -1.78. The van der Waals surface area contributed by atoms with Crippen LogP contribution in [0.25, 0.3) is 0 Å². The Balaban J connectivity index is 0.000000200. The topological polar surface area (TPSA) is 59.9 Å². The molecule has 5 nitrogen and oxygen atoms in total. The van der Waals surface area contributed by atoms with Crippen molar-refractivity contribution in [3.05, 3.63) is 24.3 Å². The molecule has 0 amide bonds. The molecule has 5 heteroatoms. The second kappa shape index (κ2) is 5.69. The molecule has 20 heavy (non-hydrogen) atoms. The molecule has 0 fully saturated rings. The molecule has 0 unspecified atom stereocenters. The lowest BCUT2D eigenvalue weighted by Crippen LogP contribution is -2.30. The summed E-state index contributed by atoms with van der Waals surface area (Å²) in [6, 6.07) is 0. The van der Waals surface area contributed by atoms with Gasteiger partial charge in [-0.3, -0.25) is 4.79 Å². The van der Waals surface area contributed by atoms with Crippen molar-refractivity contribution in [2.45, 2.75) is 41.5 Å². The normalized spacial score (nSPS) is 18.3. The lowest BCUT2D eigenvalue weighted by atomic mass is 9.94. The predicted octanol–water partition coefficient (Wildman–Crippen LogP) is 2.95. The van der Waals surface area contributed by atoms with E-state index >= 15 is 0 Å². The summed E-state index contributed by atoms with van der Waals surface area (Å²) in [4.78, 5) is 19.6. The van der Waals surface area contributed by atoms with Crippen molar-refractivity contribution in [1.29, 1.82) is 0 Å². The van der Waals surface area contributed by atoms with Crippen LogP contribution in [-0.4, -0.2) is 18.2 Å². The minimum atomic E-state index is -0.0217. The average molecular weight is 280 g/mol. The third-order valence-corrected chi connectivity index (χ3v) is 2.61.